The number of nitrogens with zero attached hydrogens (tertiary/aromatic N) is 2. The van der Waals surface area contributed by atoms with Crippen LogP contribution >= 0.6 is 0 Å². The molecule has 82 valence electrons. The van der Waals surface area contributed by atoms with Crippen LogP contribution in [0.15, 0.2) is 18.5 Å². The summed E-state index contributed by atoms with van der Waals surface area (Å²) in [6.45, 7) is 1.01. The molecule has 0 spiro atoms. The van der Waals surface area contributed by atoms with Gasteiger partial charge in [0.15, 0.2) is 0 Å². The molecule has 0 aromatic carbocycles. The molecular weight excluding hydrogens is 193 g/mol. The Labute approximate surface area is 89.3 Å². The van der Waals surface area contributed by atoms with Gasteiger partial charge in [-0.3, -0.25) is 10.4 Å². The van der Waals surface area contributed by atoms with Crippen LogP contribution in [0.1, 0.15) is 30.9 Å². The van der Waals surface area contributed by atoms with Crippen LogP contribution in [0.5, 0.6) is 0 Å². The third-order valence-electron chi connectivity index (χ3n) is 2.90. The smallest absolute Gasteiger partial charge is 0.141 e. The standard InChI is InChI=1S/C11H16FN3/c1-13-15-5-3-2-4-11(15)9-6-10(12)8-14-7-9/h6-8,11,13H,2-5H2,1H3. The number of aromatic nitrogens is 1. The molecule has 0 aliphatic carbocycles. The predicted octanol–water partition coefficient (Wildman–Crippen LogP) is 1.88. The average Bonchev–Trinajstić information content (AvgIpc) is 2.29. The summed E-state index contributed by atoms with van der Waals surface area (Å²) < 4.78 is 13.1. The van der Waals surface area contributed by atoms with Crippen LogP contribution in [-0.4, -0.2) is 23.6 Å². The topological polar surface area (TPSA) is 28.2 Å². The summed E-state index contributed by atoms with van der Waals surface area (Å²) in [5.41, 5.74) is 4.12. The van der Waals surface area contributed by atoms with Crippen molar-refractivity contribution in [1.29, 1.82) is 0 Å². The van der Waals surface area contributed by atoms with Gasteiger partial charge in [0.05, 0.1) is 12.2 Å². The van der Waals surface area contributed by atoms with E-state index in [-0.39, 0.29) is 11.9 Å². The number of nitrogens with one attached hydrogen (secondary N) is 1. The Bertz CT molecular complexity index is 329. The Morgan fingerprint density at radius 2 is 2.33 bits per heavy atom. The molecule has 1 unspecified atom stereocenters. The van der Waals surface area contributed by atoms with Crippen LogP contribution in [0, 0.1) is 5.82 Å². The normalized spacial score (nSPS) is 22.9. The molecule has 2 heterocycles. The summed E-state index contributed by atoms with van der Waals surface area (Å²) >= 11 is 0. The number of hydrazine groups is 1. The largest absolute Gasteiger partial charge is 0.261 e. The molecular formula is C11H16FN3. The monoisotopic (exact) mass is 209 g/mol. The van der Waals surface area contributed by atoms with Crippen molar-refractivity contribution in [1.82, 2.24) is 15.4 Å². The average molecular weight is 209 g/mol. The minimum absolute atomic E-state index is 0.255. The first-order chi connectivity index (χ1) is 7.31. The van der Waals surface area contributed by atoms with Crippen molar-refractivity contribution in [3.63, 3.8) is 0 Å². The lowest BCUT2D eigenvalue weighted by atomic mass is 9.98. The van der Waals surface area contributed by atoms with E-state index in [0.717, 1.165) is 18.5 Å². The SMILES string of the molecule is CNN1CCCCC1c1cncc(F)c1. The zero-order chi connectivity index (χ0) is 10.7. The third kappa shape index (κ3) is 2.33. The quantitative estimate of drug-likeness (QED) is 0.806. The second-order valence-electron chi connectivity index (χ2n) is 3.87. The Morgan fingerprint density at radius 3 is 3.07 bits per heavy atom. The van der Waals surface area contributed by atoms with Gasteiger partial charge in [-0.1, -0.05) is 6.42 Å². The molecule has 0 radical (unpaired) electrons. The summed E-state index contributed by atoms with van der Waals surface area (Å²) in [4.78, 5) is 3.90. The fourth-order valence-corrected chi connectivity index (χ4v) is 2.16. The van der Waals surface area contributed by atoms with Gasteiger partial charge in [0.2, 0.25) is 0 Å². The molecule has 1 saturated heterocycles. The predicted molar refractivity (Wildman–Crippen MR) is 56.6 cm³/mol. The summed E-state index contributed by atoms with van der Waals surface area (Å²) in [7, 11) is 1.91. The van der Waals surface area contributed by atoms with Crippen LogP contribution in [-0.2, 0) is 0 Å². The minimum Gasteiger partial charge on any atom is -0.261 e. The Kier molecular flexibility index (Phi) is 3.28. The molecule has 1 aliphatic rings. The van der Waals surface area contributed by atoms with Crippen molar-refractivity contribution in [3.05, 3.63) is 29.8 Å². The molecule has 0 amide bonds. The molecule has 1 aromatic rings. The fraction of sp³-hybridized carbons (Fsp3) is 0.545. The van der Waals surface area contributed by atoms with Gasteiger partial charge in [0.1, 0.15) is 5.82 Å². The fourth-order valence-electron chi connectivity index (χ4n) is 2.16. The van der Waals surface area contributed by atoms with Crippen LogP contribution in [0.2, 0.25) is 0 Å². The lowest BCUT2D eigenvalue weighted by Gasteiger charge is -2.34. The van der Waals surface area contributed by atoms with E-state index in [9.17, 15) is 4.39 Å². The molecule has 1 atom stereocenters. The molecule has 2 rings (SSSR count). The molecule has 1 N–H and O–H groups in total. The maximum atomic E-state index is 13.1. The summed E-state index contributed by atoms with van der Waals surface area (Å²) in [6, 6.07) is 1.83. The van der Waals surface area contributed by atoms with E-state index in [2.05, 4.69) is 15.4 Å². The third-order valence-corrected chi connectivity index (χ3v) is 2.90. The molecule has 1 aromatic heterocycles. The maximum Gasteiger partial charge on any atom is 0.141 e. The van der Waals surface area contributed by atoms with Gasteiger partial charge in [-0.05, 0) is 31.5 Å². The van der Waals surface area contributed by atoms with Crippen molar-refractivity contribution >= 4 is 0 Å². The second kappa shape index (κ2) is 4.68. The van der Waals surface area contributed by atoms with Crippen molar-refractivity contribution < 1.29 is 4.39 Å². The van der Waals surface area contributed by atoms with Crippen molar-refractivity contribution in [3.8, 4) is 0 Å². The number of hydrogen-bond acceptors (Lipinski definition) is 3. The van der Waals surface area contributed by atoms with Gasteiger partial charge >= 0.3 is 0 Å². The molecule has 4 heteroatoms. The van der Waals surface area contributed by atoms with Gasteiger partial charge in [0, 0.05) is 12.7 Å². The highest BCUT2D eigenvalue weighted by atomic mass is 19.1. The van der Waals surface area contributed by atoms with Crippen molar-refractivity contribution in [2.45, 2.75) is 25.3 Å². The highest BCUT2D eigenvalue weighted by Gasteiger charge is 2.23. The van der Waals surface area contributed by atoms with E-state index in [1.807, 2.05) is 7.05 Å². The Balaban J connectivity index is 2.20. The van der Waals surface area contributed by atoms with E-state index in [1.165, 1.54) is 19.0 Å². The maximum absolute atomic E-state index is 13.1. The molecule has 1 fully saturated rings. The summed E-state index contributed by atoms with van der Waals surface area (Å²) in [6.07, 6.45) is 6.45. The van der Waals surface area contributed by atoms with E-state index in [0.29, 0.717) is 0 Å². The molecule has 0 bridgehead atoms. The van der Waals surface area contributed by atoms with Gasteiger partial charge in [-0.25, -0.2) is 9.40 Å². The number of pyridine rings is 1. The lowest BCUT2D eigenvalue weighted by Crippen LogP contribution is -2.41. The molecule has 0 saturated carbocycles. The van der Waals surface area contributed by atoms with Crippen LogP contribution in [0.3, 0.4) is 0 Å². The Morgan fingerprint density at radius 1 is 1.47 bits per heavy atom. The highest BCUT2D eigenvalue weighted by Crippen LogP contribution is 2.28. The molecule has 15 heavy (non-hydrogen) atoms. The van der Waals surface area contributed by atoms with Crippen LogP contribution < -0.4 is 5.43 Å². The first-order valence-corrected chi connectivity index (χ1v) is 5.36. The number of hydrogen-bond donors (Lipinski definition) is 1. The first kappa shape index (κ1) is 10.5. The number of halogens is 1. The van der Waals surface area contributed by atoms with Gasteiger partial charge in [0.25, 0.3) is 0 Å². The number of piperidine rings is 1. The molecule has 3 nitrogen and oxygen atoms in total. The highest BCUT2D eigenvalue weighted by molar-refractivity contribution is 5.15. The second-order valence-corrected chi connectivity index (χ2v) is 3.87. The van der Waals surface area contributed by atoms with Crippen LogP contribution in [0.25, 0.3) is 0 Å². The van der Waals surface area contributed by atoms with Crippen molar-refractivity contribution in [2.75, 3.05) is 13.6 Å². The minimum atomic E-state index is -0.255. The summed E-state index contributed by atoms with van der Waals surface area (Å²) in [5.74, 6) is -0.255. The molecule has 1 aliphatic heterocycles. The van der Waals surface area contributed by atoms with Crippen LogP contribution in [0.4, 0.5) is 4.39 Å². The lowest BCUT2D eigenvalue weighted by molar-refractivity contribution is 0.0980. The zero-order valence-electron chi connectivity index (χ0n) is 8.91. The van der Waals surface area contributed by atoms with E-state index < -0.39 is 0 Å². The first-order valence-electron chi connectivity index (χ1n) is 5.36. The van der Waals surface area contributed by atoms with Gasteiger partial charge in [-0.15, -0.1) is 0 Å². The summed E-state index contributed by atoms with van der Waals surface area (Å²) in [5, 5.41) is 2.15. The van der Waals surface area contributed by atoms with E-state index >= 15 is 0 Å². The number of rotatable bonds is 2. The zero-order valence-corrected chi connectivity index (χ0v) is 8.91. The van der Waals surface area contributed by atoms with E-state index in [4.69, 9.17) is 0 Å². The van der Waals surface area contributed by atoms with E-state index in [1.54, 1.807) is 12.3 Å². The Hall–Kier alpha value is -1.00. The van der Waals surface area contributed by atoms with Gasteiger partial charge in [-0.2, -0.15) is 0 Å². The van der Waals surface area contributed by atoms with Crippen molar-refractivity contribution in [2.24, 2.45) is 0 Å². The van der Waals surface area contributed by atoms with Gasteiger partial charge < -0.3 is 0 Å².